The van der Waals surface area contributed by atoms with E-state index in [0.29, 0.717) is 34.6 Å². The first-order chi connectivity index (χ1) is 16.6. The molecular weight excluding hydrogens is 499 g/mol. The topological polar surface area (TPSA) is 66.8 Å². The van der Waals surface area contributed by atoms with Crippen LogP contribution in [0.4, 0.5) is 18.9 Å². The Balaban J connectivity index is 1.68. The van der Waals surface area contributed by atoms with Gasteiger partial charge in [-0.15, -0.1) is 0 Å². The third kappa shape index (κ3) is 5.59. The van der Waals surface area contributed by atoms with Crippen LogP contribution in [0, 0.1) is 5.92 Å². The van der Waals surface area contributed by atoms with Gasteiger partial charge in [0.05, 0.1) is 23.8 Å². The Kier molecular flexibility index (Phi) is 7.92. The number of nitrogens with zero attached hydrogens (tertiary/aromatic N) is 1. The Morgan fingerprint density at radius 3 is 2.51 bits per heavy atom. The van der Waals surface area contributed by atoms with Gasteiger partial charge in [-0.05, 0) is 84.9 Å². The Labute approximate surface area is 208 Å². The van der Waals surface area contributed by atoms with Crippen molar-refractivity contribution in [1.82, 2.24) is 0 Å². The van der Waals surface area contributed by atoms with E-state index in [4.69, 9.17) is 4.74 Å². The summed E-state index contributed by atoms with van der Waals surface area (Å²) >= 11 is 1.90. The van der Waals surface area contributed by atoms with Crippen LogP contribution in [-0.4, -0.2) is 43.9 Å². The third-order valence-electron chi connectivity index (χ3n) is 6.71. The van der Waals surface area contributed by atoms with Crippen LogP contribution in [0.25, 0.3) is 0 Å². The Bertz CT molecular complexity index is 1150. The van der Waals surface area contributed by atoms with Crippen LogP contribution in [0.3, 0.4) is 0 Å². The zero-order valence-electron chi connectivity index (χ0n) is 19.6. The molecule has 1 fully saturated rings. The fourth-order valence-corrected chi connectivity index (χ4v) is 7.62. The predicted octanol–water partition coefficient (Wildman–Crippen LogP) is 5.34. The lowest BCUT2D eigenvalue weighted by Gasteiger charge is -2.38. The maximum absolute atomic E-state index is 14.0. The molecule has 0 amide bonds. The van der Waals surface area contributed by atoms with Crippen molar-refractivity contribution in [3.8, 4) is 5.75 Å². The van der Waals surface area contributed by atoms with E-state index in [1.807, 2.05) is 18.7 Å². The number of ether oxygens (including phenoxy) is 1. The molecule has 0 aliphatic carbocycles. The van der Waals surface area contributed by atoms with E-state index < -0.39 is 28.8 Å². The number of benzene rings is 2. The first-order valence-electron chi connectivity index (χ1n) is 11.8. The van der Waals surface area contributed by atoms with Gasteiger partial charge in [-0.25, -0.2) is 8.42 Å². The lowest BCUT2D eigenvalue weighted by molar-refractivity contribution is -0.147. The molecule has 2 heterocycles. The summed E-state index contributed by atoms with van der Waals surface area (Å²) in [5.41, 5.74) is 1.81. The highest BCUT2D eigenvalue weighted by Crippen LogP contribution is 2.42. The molecule has 2 aliphatic rings. The van der Waals surface area contributed by atoms with Gasteiger partial charge in [0.25, 0.3) is 10.0 Å². The summed E-state index contributed by atoms with van der Waals surface area (Å²) in [5.74, 6) is 2.87. The van der Waals surface area contributed by atoms with Crippen molar-refractivity contribution in [1.29, 1.82) is 0 Å². The smallest absolute Gasteiger partial charge is 0.409 e. The number of sulfonamides is 1. The van der Waals surface area contributed by atoms with Gasteiger partial charge in [-0.1, -0.05) is 19.1 Å². The van der Waals surface area contributed by atoms with Crippen molar-refractivity contribution >= 4 is 27.5 Å². The number of aryl methyl sites for hydroxylation is 2. The predicted molar refractivity (Wildman–Crippen MR) is 132 cm³/mol. The first kappa shape index (κ1) is 26.2. The molecule has 5 nitrogen and oxygen atoms in total. The van der Waals surface area contributed by atoms with E-state index in [0.717, 1.165) is 29.9 Å². The number of thioether (sulfide) groups is 1. The molecule has 4 rings (SSSR count). The molecule has 0 saturated carbocycles. The molecule has 1 atom stereocenters. The Hall–Kier alpha value is -1.91. The van der Waals surface area contributed by atoms with Crippen LogP contribution in [0.15, 0.2) is 41.3 Å². The number of anilines is 1. The standard InChI is InChI=1S/C25H30F3NO4S2/c1-2-17-3-6-22-19(13-17)4-8-24(25(26,27)28)29(22)35(31,32)21-5-7-23(20(14-21)15-30)33-16-18-9-11-34-12-10-18/h3,5-7,13-14,18,24,30H,2,4,8-12,15-16H2,1H3. The summed E-state index contributed by atoms with van der Waals surface area (Å²) in [6, 6.07) is 6.68. The van der Waals surface area contributed by atoms with Crippen molar-refractivity contribution in [3.63, 3.8) is 0 Å². The monoisotopic (exact) mass is 529 g/mol. The normalized spacial score (nSPS) is 19.5. The molecule has 1 saturated heterocycles. The average molecular weight is 530 g/mol. The summed E-state index contributed by atoms with van der Waals surface area (Å²) in [5, 5.41) is 9.88. The number of alkyl halides is 3. The fraction of sp³-hybridized carbons (Fsp3) is 0.520. The second-order valence-electron chi connectivity index (χ2n) is 9.01. The molecule has 1 unspecified atom stereocenters. The molecule has 10 heteroatoms. The van der Waals surface area contributed by atoms with E-state index in [1.165, 1.54) is 24.3 Å². The first-order valence-corrected chi connectivity index (χ1v) is 14.4. The van der Waals surface area contributed by atoms with Crippen LogP contribution in [0.5, 0.6) is 5.75 Å². The molecule has 0 aromatic heterocycles. The summed E-state index contributed by atoms with van der Waals surface area (Å²) in [4.78, 5) is -0.301. The molecule has 0 radical (unpaired) electrons. The van der Waals surface area contributed by atoms with Crippen LogP contribution in [0.2, 0.25) is 0 Å². The maximum atomic E-state index is 14.0. The molecular formula is C25H30F3NO4S2. The molecule has 2 aliphatic heterocycles. The summed E-state index contributed by atoms with van der Waals surface area (Å²) < 4.78 is 75.7. The number of fused-ring (bicyclic) bond motifs is 1. The third-order valence-corrected chi connectivity index (χ3v) is 9.58. The highest BCUT2D eigenvalue weighted by atomic mass is 32.2. The lowest BCUT2D eigenvalue weighted by Crippen LogP contribution is -2.51. The summed E-state index contributed by atoms with van der Waals surface area (Å²) in [6.45, 7) is 1.90. The zero-order valence-corrected chi connectivity index (χ0v) is 21.2. The minimum atomic E-state index is -4.73. The lowest BCUT2D eigenvalue weighted by atomic mass is 9.95. The SMILES string of the molecule is CCc1ccc2c(c1)CCC(C(F)(F)F)N2S(=O)(=O)c1ccc(OCC2CCSCC2)c(CO)c1. The summed E-state index contributed by atoms with van der Waals surface area (Å²) in [7, 11) is -4.57. The average Bonchev–Trinajstić information content (AvgIpc) is 2.86. The van der Waals surface area contributed by atoms with Gasteiger partial charge in [0.15, 0.2) is 0 Å². The Morgan fingerprint density at radius 1 is 1.11 bits per heavy atom. The van der Waals surface area contributed by atoms with Crippen molar-refractivity contribution < 1.29 is 31.4 Å². The second kappa shape index (κ2) is 10.6. The van der Waals surface area contributed by atoms with Crippen LogP contribution in [-0.2, 0) is 29.5 Å². The molecule has 2 aromatic rings. The quantitative estimate of drug-likeness (QED) is 0.525. The van der Waals surface area contributed by atoms with Crippen LogP contribution >= 0.6 is 11.8 Å². The van der Waals surface area contributed by atoms with Crippen molar-refractivity contribution in [2.75, 3.05) is 22.4 Å². The molecule has 192 valence electrons. The van der Waals surface area contributed by atoms with Crippen molar-refractivity contribution in [3.05, 3.63) is 53.1 Å². The van der Waals surface area contributed by atoms with Crippen molar-refractivity contribution in [2.24, 2.45) is 5.92 Å². The molecule has 2 aromatic carbocycles. The number of aliphatic hydroxyl groups excluding tert-OH is 1. The van der Waals surface area contributed by atoms with Gasteiger partial charge in [0.2, 0.25) is 0 Å². The molecule has 0 bridgehead atoms. The highest BCUT2D eigenvalue weighted by molar-refractivity contribution is 7.99. The Morgan fingerprint density at radius 2 is 1.86 bits per heavy atom. The van der Waals surface area contributed by atoms with Gasteiger partial charge >= 0.3 is 6.18 Å². The molecule has 0 spiro atoms. The summed E-state index contributed by atoms with van der Waals surface area (Å²) in [6.07, 6.45) is -2.18. The maximum Gasteiger partial charge on any atom is 0.409 e. The molecule has 35 heavy (non-hydrogen) atoms. The van der Waals surface area contributed by atoms with Gasteiger partial charge in [0, 0.05) is 5.56 Å². The zero-order chi connectivity index (χ0) is 25.2. The minimum absolute atomic E-state index is 0.0526. The van der Waals surface area contributed by atoms with Crippen LogP contribution in [0.1, 0.15) is 42.9 Å². The number of hydrogen-bond donors (Lipinski definition) is 1. The number of rotatable bonds is 7. The van der Waals surface area contributed by atoms with Crippen LogP contribution < -0.4 is 9.04 Å². The van der Waals surface area contributed by atoms with Gasteiger partial charge < -0.3 is 9.84 Å². The minimum Gasteiger partial charge on any atom is -0.493 e. The van der Waals surface area contributed by atoms with Crippen molar-refractivity contribution in [2.45, 2.75) is 62.7 Å². The highest BCUT2D eigenvalue weighted by Gasteiger charge is 2.50. The molecule has 1 N–H and O–H groups in total. The fourth-order valence-electron chi connectivity index (χ4n) is 4.66. The van der Waals surface area contributed by atoms with E-state index >= 15 is 0 Å². The number of aliphatic hydroxyl groups is 1. The number of halogens is 3. The van der Waals surface area contributed by atoms with Gasteiger partial charge in [-0.2, -0.15) is 24.9 Å². The largest absolute Gasteiger partial charge is 0.493 e. The second-order valence-corrected chi connectivity index (χ2v) is 12.0. The van der Waals surface area contributed by atoms with Gasteiger partial charge in [0.1, 0.15) is 11.8 Å². The van der Waals surface area contributed by atoms with E-state index in [1.54, 1.807) is 12.1 Å². The van der Waals surface area contributed by atoms with Gasteiger partial charge in [-0.3, -0.25) is 4.31 Å². The number of hydrogen-bond acceptors (Lipinski definition) is 5. The van der Waals surface area contributed by atoms with E-state index in [-0.39, 0.29) is 29.0 Å². The van der Waals surface area contributed by atoms with E-state index in [2.05, 4.69) is 0 Å². The van der Waals surface area contributed by atoms with E-state index in [9.17, 15) is 26.7 Å².